The van der Waals surface area contributed by atoms with Crippen LogP contribution in [0.1, 0.15) is 38.2 Å². The molecule has 4 atom stereocenters. The summed E-state index contributed by atoms with van der Waals surface area (Å²) in [6, 6.07) is 11.5. The summed E-state index contributed by atoms with van der Waals surface area (Å²) >= 11 is 0. The smallest absolute Gasteiger partial charge is 0.240 e. The molecule has 1 amide bonds. The number of ether oxygens (including phenoxy) is 2. The largest absolute Gasteiger partial charge is 0.497 e. The molecule has 2 fully saturated rings. The number of amides is 1. The number of hydrogen-bond acceptors (Lipinski definition) is 5. The van der Waals surface area contributed by atoms with Gasteiger partial charge in [-0.1, -0.05) is 12.5 Å². The summed E-state index contributed by atoms with van der Waals surface area (Å²) in [5.74, 6) is 2.84. The van der Waals surface area contributed by atoms with Crippen LogP contribution in [0.2, 0.25) is 0 Å². The third-order valence-electron chi connectivity index (χ3n) is 7.07. The summed E-state index contributed by atoms with van der Waals surface area (Å²) in [5.41, 5.74) is 1.27. The normalized spacial score (nSPS) is 22.7. The highest BCUT2D eigenvalue weighted by molar-refractivity contribution is 7.89. The topological polar surface area (TPSA) is 93.7 Å². The Morgan fingerprint density at radius 2 is 1.82 bits per heavy atom. The van der Waals surface area contributed by atoms with Crippen molar-refractivity contribution < 1.29 is 22.7 Å². The maximum absolute atomic E-state index is 12.9. The number of carbonyl (C=O) groups excluding carboxylic acids is 1. The molecule has 2 saturated carbocycles. The fourth-order valence-electron chi connectivity index (χ4n) is 5.40. The van der Waals surface area contributed by atoms with Gasteiger partial charge in [-0.25, -0.2) is 13.1 Å². The maximum atomic E-state index is 12.9. The van der Waals surface area contributed by atoms with Crippen molar-refractivity contribution in [2.24, 2.45) is 17.8 Å². The molecule has 2 bridgehead atoms. The maximum Gasteiger partial charge on any atom is 0.240 e. The molecular weight excluding hydrogens is 440 g/mol. The summed E-state index contributed by atoms with van der Waals surface area (Å²) < 4.78 is 39.2. The predicted octanol–water partition coefficient (Wildman–Crippen LogP) is 3.99. The van der Waals surface area contributed by atoms with Crippen molar-refractivity contribution in [3.8, 4) is 11.5 Å². The number of hydrogen-bond donors (Lipinski definition) is 2. The zero-order valence-corrected chi connectivity index (χ0v) is 20.2. The lowest BCUT2D eigenvalue weighted by Gasteiger charge is -2.28. The highest BCUT2D eigenvalue weighted by Crippen LogP contribution is 2.49. The molecule has 0 aromatic heterocycles. The van der Waals surface area contributed by atoms with E-state index in [0.29, 0.717) is 29.0 Å². The van der Waals surface area contributed by atoms with Gasteiger partial charge < -0.3 is 14.8 Å². The zero-order chi connectivity index (χ0) is 23.6. The van der Waals surface area contributed by atoms with Crippen LogP contribution in [-0.4, -0.2) is 34.6 Å². The van der Waals surface area contributed by atoms with Crippen molar-refractivity contribution in [2.45, 2.75) is 50.0 Å². The number of fused-ring (bicyclic) bond motifs is 2. The van der Waals surface area contributed by atoms with Crippen molar-refractivity contribution >= 4 is 21.6 Å². The lowest BCUT2D eigenvalue weighted by molar-refractivity contribution is -0.115. The number of anilines is 1. The summed E-state index contributed by atoms with van der Waals surface area (Å²) in [7, 11) is -0.502. The van der Waals surface area contributed by atoms with Gasteiger partial charge in [-0.15, -0.1) is 0 Å². The van der Waals surface area contributed by atoms with E-state index in [1.54, 1.807) is 44.6 Å². The van der Waals surface area contributed by atoms with Crippen LogP contribution in [-0.2, 0) is 21.2 Å². The van der Waals surface area contributed by atoms with Gasteiger partial charge in [0.15, 0.2) is 0 Å². The average Bonchev–Trinajstić information content (AvgIpc) is 3.43. The molecule has 0 spiro atoms. The molecular formula is C25H32N2O5S. The molecule has 4 rings (SSSR count). The summed E-state index contributed by atoms with van der Waals surface area (Å²) in [4.78, 5) is 12.7. The molecule has 2 aliphatic carbocycles. The molecule has 7 nitrogen and oxygen atoms in total. The second-order valence-electron chi connectivity index (χ2n) is 9.18. The first-order valence-corrected chi connectivity index (χ1v) is 12.9. The second kappa shape index (κ2) is 9.73. The van der Waals surface area contributed by atoms with E-state index >= 15 is 0 Å². The van der Waals surface area contributed by atoms with E-state index in [1.165, 1.54) is 31.4 Å². The lowest BCUT2D eigenvalue weighted by Crippen LogP contribution is -2.40. The van der Waals surface area contributed by atoms with E-state index in [0.717, 1.165) is 17.9 Å². The number of carbonyl (C=O) groups is 1. The minimum Gasteiger partial charge on any atom is -0.497 e. The quantitative estimate of drug-likeness (QED) is 0.576. The molecule has 8 heteroatoms. The number of nitrogens with one attached hydrogen (secondary N) is 2. The van der Waals surface area contributed by atoms with Crippen LogP contribution in [0.3, 0.4) is 0 Å². The Hall–Kier alpha value is -2.58. The molecule has 0 radical (unpaired) electrons. The van der Waals surface area contributed by atoms with Gasteiger partial charge >= 0.3 is 0 Å². The first-order valence-electron chi connectivity index (χ1n) is 11.4. The lowest BCUT2D eigenvalue weighted by atomic mass is 9.84. The third kappa shape index (κ3) is 5.33. The van der Waals surface area contributed by atoms with Gasteiger partial charge in [-0.3, -0.25) is 4.79 Å². The first-order chi connectivity index (χ1) is 15.8. The van der Waals surface area contributed by atoms with E-state index in [-0.39, 0.29) is 23.3 Å². The monoisotopic (exact) mass is 472 g/mol. The Bertz CT molecular complexity index is 1100. The van der Waals surface area contributed by atoms with Gasteiger partial charge in [0.2, 0.25) is 15.9 Å². The SMILES string of the molecule is COc1ccc(CC(=O)Nc2ccc(S(=O)(=O)NC(C)C3CC4CCC3C4)cc2)c(OC)c1. The van der Waals surface area contributed by atoms with E-state index < -0.39 is 10.0 Å². The van der Waals surface area contributed by atoms with Crippen LogP contribution in [0, 0.1) is 17.8 Å². The van der Waals surface area contributed by atoms with Crippen LogP contribution in [0.5, 0.6) is 11.5 Å². The van der Waals surface area contributed by atoms with Crippen molar-refractivity contribution in [2.75, 3.05) is 19.5 Å². The van der Waals surface area contributed by atoms with Gasteiger partial charge in [0.1, 0.15) is 11.5 Å². The van der Waals surface area contributed by atoms with Gasteiger partial charge in [0, 0.05) is 23.4 Å². The average molecular weight is 473 g/mol. The number of methoxy groups -OCH3 is 2. The summed E-state index contributed by atoms with van der Waals surface area (Å²) in [6.45, 7) is 1.98. The predicted molar refractivity (Wildman–Crippen MR) is 127 cm³/mol. The molecule has 2 aromatic carbocycles. The van der Waals surface area contributed by atoms with Crippen LogP contribution < -0.4 is 19.5 Å². The fourth-order valence-corrected chi connectivity index (χ4v) is 6.69. The molecule has 33 heavy (non-hydrogen) atoms. The molecule has 178 valence electrons. The fraction of sp³-hybridized carbons (Fsp3) is 0.480. The molecule has 2 aliphatic rings. The summed E-state index contributed by atoms with van der Waals surface area (Å²) in [6.07, 6.45) is 5.00. The van der Waals surface area contributed by atoms with Crippen LogP contribution in [0.25, 0.3) is 0 Å². The van der Waals surface area contributed by atoms with Crippen molar-refractivity contribution in [1.82, 2.24) is 4.72 Å². The Morgan fingerprint density at radius 3 is 2.42 bits per heavy atom. The number of benzene rings is 2. The van der Waals surface area contributed by atoms with E-state index in [9.17, 15) is 13.2 Å². The molecule has 0 aliphatic heterocycles. The Balaban J connectivity index is 1.36. The number of sulfonamides is 1. The Labute approximate surface area is 195 Å². The highest BCUT2D eigenvalue weighted by atomic mass is 32.2. The number of rotatable bonds is 9. The van der Waals surface area contributed by atoms with Crippen molar-refractivity contribution in [3.63, 3.8) is 0 Å². The van der Waals surface area contributed by atoms with E-state index in [1.807, 2.05) is 6.92 Å². The van der Waals surface area contributed by atoms with E-state index in [4.69, 9.17) is 9.47 Å². The van der Waals surface area contributed by atoms with Gasteiger partial charge in [-0.2, -0.15) is 0 Å². The Kier molecular flexibility index (Phi) is 6.95. The molecule has 0 saturated heterocycles. The van der Waals surface area contributed by atoms with Crippen molar-refractivity contribution in [3.05, 3.63) is 48.0 Å². The second-order valence-corrected chi connectivity index (χ2v) is 10.9. The Morgan fingerprint density at radius 1 is 1.06 bits per heavy atom. The molecule has 2 aromatic rings. The van der Waals surface area contributed by atoms with Crippen LogP contribution in [0.15, 0.2) is 47.4 Å². The molecule has 0 heterocycles. The minimum atomic E-state index is -3.61. The minimum absolute atomic E-state index is 0.0795. The first kappa shape index (κ1) is 23.6. The van der Waals surface area contributed by atoms with Crippen LogP contribution >= 0.6 is 0 Å². The molecule has 4 unspecified atom stereocenters. The highest BCUT2D eigenvalue weighted by Gasteiger charge is 2.42. The molecule has 2 N–H and O–H groups in total. The van der Waals surface area contributed by atoms with Crippen molar-refractivity contribution in [1.29, 1.82) is 0 Å². The van der Waals surface area contributed by atoms with E-state index in [2.05, 4.69) is 10.0 Å². The third-order valence-corrected chi connectivity index (χ3v) is 8.64. The van der Waals surface area contributed by atoms with Gasteiger partial charge in [-0.05, 0) is 74.3 Å². The van der Waals surface area contributed by atoms with Gasteiger partial charge in [0.05, 0.1) is 25.5 Å². The van der Waals surface area contributed by atoms with Crippen LogP contribution in [0.4, 0.5) is 5.69 Å². The zero-order valence-electron chi connectivity index (χ0n) is 19.3. The van der Waals surface area contributed by atoms with Gasteiger partial charge in [0.25, 0.3) is 0 Å². The summed E-state index contributed by atoms with van der Waals surface area (Å²) in [5, 5.41) is 2.81. The standard InChI is InChI=1S/C25H32N2O5S/c1-16(23-13-17-4-5-18(23)12-17)27-33(29,30)22-10-7-20(8-11-22)26-25(28)14-19-6-9-21(31-2)15-24(19)32-3/h6-11,15-18,23,27H,4-5,12-14H2,1-3H3,(H,26,28).